The van der Waals surface area contributed by atoms with Crippen molar-refractivity contribution in [2.45, 2.75) is 37.6 Å². The molecule has 0 saturated carbocycles. The predicted octanol–water partition coefficient (Wildman–Crippen LogP) is 2.98. The van der Waals surface area contributed by atoms with Crippen molar-refractivity contribution in [3.05, 3.63) is 59.4 Å². The fourth-order valence-corrected chi connectivity index (χ4v) is 5.15. The number of aryl methyl sites for hydroxylation is 1. The van der Waals surface area contributed by atoms with Crippen LogP contribution in [0.2, 0.25) is 0 Å². The Morgan fingerprint density at radius 2 is 1.90 bits per heavy atom. The zero-order valence-corrected chi connectivity index (χ0v) is 17.1. The van der Waals surface area contributed by atoms with E-state index in [-0.39, 0.29) is 17.3 Å². The number of sulfonamides is 1. The van der Waals surface area contributed by atoms with Crippen molar-refractivity contribution in [3.8, 4) is 0 Å². The maximum Gasteiger partial charge on any atom is 0.251 e. The van der Waals surface area contributed by atoms with Crippen molar-refractivity contribution in [2.24, 2.45) is 0 Å². The molecule has 0 spiro atoms. The molecule has 1 amide bonds. The topological polar surface area (TPSA) is 95.2 Å². The van der Waals surface area contributed by atoms with E-state index in [1.165, 1.54) is 10.4 Å². The van der Waals surface area contributed by atoms with Crippen molar-refractivity contribution in [1.82, 2.24) is 19.6 Å². The number of carbonyl (C=O) groups excluding carboxylic acids is 1. The largest absolute Gasteiger partial charge is 0.345 e. The number of hydrogen-bond donors (Lipinski definition) is 2. The van der Waals surface area contributed by atoms with Crippen molar-refractivity contribution < 1.29 is 13.2 Å². The first-order valence-corrected chi connectivity index (χ1v) is 11.2. The quantitative estimate of drug-likeness (QED) is 0.673. The molecule has 0 radical (unpaired) electrons. The number of hydrogen-bond acceptors (Lipinski definition) is 4. The van der Waals surface area contributed by atoms with Gasteiger partial charge in [0.1, 0.15) is 5.82 Å². The number of rotatable bonds is 5. The number of fused-ring (bicyclic) bond motifs is 1. The molecular weight excluding hydrogens is 388 g/mol. The van der Waals surface area contributed by atoms with Gasteiger partial charge in [-0.1, -0.05) is 24.6 Å². The second-order valence-corrected chi connectivity index (χ2v) is 9.26. The minimum Gasteiger partial charge on any atom is -0.345 e. The lowest BCUT2D eigenvalue weighted by atomic mass is 10.1. The number of piperidine rings is 1. The number of benzene rings is 2. The van der Waals surface area contributed by atoms with Crippen LogP contribution in [0.1, 0.15) is 41.0 Å². The molecular formula is C21H24N4O3S. The maximum atomic E-state index is 12.9. The molecule has 3 aromatic rings. The fraction of sp³-hybridized carbons (Fsp3) is 0.333. The second-order valence-electron chi connectivity index (χ2n) is 7.32. The molecule has 7 nitrogen and oxygen atoms in total. The average Bonchev–Trinajstić information content (AvgIpc) is 3.16. The van der Waals surface area contributed by atoms with Crippen LogP contribution in [-0.4, -0.2) is 41.7 Å². The molecule has 2 heterocycles. The number of carbonyl (C=O) groups is 1. The van der Waals surface area contributed by atoms with Gasteiger partial charge in [-0.15, -0.1) is 0 Å². The third-order valence-corrected chi connectivity index (χ3v) is 7.16. The van der Waals surface area contributed by atoms with Gasteiger partial charge in [-0.2, -0.15) is 4.31 Å². The number of para-hydroxylation sites is 2. The normalized spacial score (nSPS) is 15.5. The van der Waals surface area contributed by atoms with Crippen LogP contribution in [0.15, 0.2) is 47.4 Å². The number of aromatic nitrogens is 2. The average molecular weight is 413 g/mol. The molecule has 152 valence electrons. The molecule has 1 fully saturated rings. The summed E-state index contributed by atoms with van der Waals surface area (Å²) in [6.07, 6.45) is 2.79. The summed E-state index contributed by atoms with van der Waals surface area (Å²) in [5.41, 5.74) is 2.83. The van der Waals surface area contributed by atoms with Crippen LogP contribution in [-0.2, 0) is 16.6 Å². The number of H-pyrrole nitrogens is 1. The van der Waals surface area contributed by atoms with Gasteiger partial charge in [-0.25, -0.2) is 13.4 Å². The van der Waals surface area contributed by atoms with E-state index in [0.717, 1.165) is 35.9 Å². The van der Waals surface area contributed by atoms with Crippen molar-refractivity contribution in [1.29, 1.82) is 0 Å². The standard InChI is InChI=1S/C21H24N4O3S/c1-15-9-10-16(29(27,28)25-11-5-2-6-12-25)13-17(15)21(26)22-14-20-23-18-7-3-4-8-19(18)24-20/h3-4,7-10,13H,2,5-6,11-12,14H2,1H3,(H,22,26)(H,23,24). The predicted molar refractivity (Wildman–Crippen MR) is 111 cm³/mol. The van der Waals surface area contributed by atoms with Gasteiger partial charge in [-0.05, 0) is 49.6 Å². The van der Waals surface area contributed by atoms with Gasteiger partial charge >= 0.3 is 0 Å². The molecule has 1 aromatic heterocycles. The molecule has 1 aliphatic rings. The van der Waals surface area contributed by atoms with Crippen LogP contribution in [0.25, 0.3) is 11.0 Å². The van der Waals surface area contributed by atoms with Crippen LogP contribution in [0.5, 0.6) is 0 Å². The summed E-state index contributed by atoms with van der Waals surface area (Å²) in [6.45, 7) is 3.09. The Hall–Kier alpha value is -2.71. The molecule has 1 aliphatic heterocycles. The molecule has 0 atom stereocenters. The SMILES string of the molecule is Cc1ccc(S(=O)(=O)N2CCCCC2)cc1C(=O)NCc1nc2ccccc2[nH]1. The highest BCUT2D eigenvalue weighted by molar-refractivity contribution is 7.89. The summed E-state index contributed by atoms with van der Waals surface area (Å²) in [5.74, 6) is 0.327. The Bertz CT molecular complexity index is 1110. The highest BCUT2D eigenvalue weighted by Gasteiger charge is 2.27. The number of nitrogens with one attached hydrogen (secondary N) is 2. The van der Waals surface area contributed by atoms with Crippen LogP contribution < -0.4 is 5.32 Å². The third kappa shape index (κ3) is 4.04. The summed E-state index contributed by atoms with van der Waals surface area (Å²) in [5, 5.41) is 2.83. The highest BCUT2D eigenvalue weighted by atomic mass is 32.2. The molecule has 29 heavy (non-hydrogen) atoms. The Morgan fingerprint density at radius 1 is 1.14 bits per heavy atom. The van der Waals surface area contributed by atoms with Crippen LogP contribution in [0.3, 0.4) is 0 Å². The molecule has 2 aromatic carbocycles. The summed E-state index contributed by atoms with van der Waals surface area (Å²) in [6, 6.07) is 12.4. The number of amides is 1. The van der Waals surface area contributed by atoms with E-state index in [1.807, 2.05) is 24.3 Å². The van der Waals surface area contributed by atoms with Crippen LogP contribution in [0.4, 0.5) is 0 Å². The van der Waals surface area contributed by atoms with E-state index in [1.54, 1.807) is 19.1 Å². The van der Waals surface area contributed by atoms with Gasteiger partial charge in [-0.3, -0.25) is 4.79 Å². The zero-order chi connectivity index (χ0) is 20.4. The van der Waals surface area contributed by atoms with Crippen LogP contribution in [0, 0.1) is 6.92 Å². The van der Waals surface area contributed by atoms with E-state index < -0.39 is 10.0 Å². The van der Waals surface area contributed by atoms with E-state index >= 15 is 0 Å². The molecule has 1 saturated heterocycles. The van der Waals surface area contributed by atoms with Gasteiger partial charge in [0.15, 0.2) is 0 Å². The first-order valence-electron chi connectivity index (χ1n) is 9.78. The minimum atomic E-state index is -3.58. The third-order valence-electron chi connectivity index (χ3n) is 5.26. The van der Waals surface area contributed by atoms with Gasteiger partial charge in [0.05, 0.1) is 22.5 Å². The number of nitrogens with zero attached hydrogens (tertiary/aromatic N) is 2. The van der Waals surface area contributed by atoms with E-state index in [2.05, 4.69) is 15.3 Å². The highest BCUT2D eigenvalue weighted by Crippen LogP contribution is 2.23. The van der Waals surface area contributed by atoms with E-state index in [4.69, 9.17) is 0 Å². The van der Waals surface area contributed by atoms with Gasteiger partial charge in [0, 0.05) is 18.7 Å². The molecule has 0 aliphatic carbocycles. The number of aromatic amines is 1. The fourth-order valence-electron chi connectivity index (χ4n) is 3.61. The first kappa shape index (κ1) is 19.6. The van der Waals surface area contributed by atoms with E-state index in [0.29, 0.717) is 24.5 Å². The molecule has 8 heteroatoms. The lowest BCUT2D eigenvalue weighted by Gasteiger charge is -2.26. The lowest BCUT2D eigenvalue weighted by molar-refractivity contribution is 0.0949. The monoisotopic (exact) mass is 412 g/mol. The second kappa shape index (κ2) is 7.96. The maximum absolute atomic E-state index is 12.9. The van der Waals surface area contributed by atoms with Crippen LogP contribution >= 0.6 is 0 Å². The first-order chi connectivity index (χ1) is 13.9. The van der Waals surface area contributed by atoms with Crippen molar-refractivity contribution >= 4 is 27.0 Å². The van der Waals surface area contributed by atoms with E-state index in [9.17, 15) is 13.2 Å². The Morgan fingerprint density at radius 3 is 2.66 bits per heavy atom. The molecule has 2 N–H and O–H groups in total. The molecule has 0 unspecified atom stereocenters. The molecule has 4 rings (SSSR count). The summed E-state index contributed by atoms with van der Waals surface area (Å²) in [7, 11) is -3.58. The Labute approximate surface area is 170 Å². The summed E-state index contributed by atoms with van der Waals surface area (Å²) in [4.78, 5) is 20.5. The Balaban J connectivity index is 1.52. The summed E-state index contributed by atoms with van der Waals surface area (Å²) >= 11 is 0. The van der Waals surface area contributed by atoms with Gasteiger partial charge in [0.2, 0.25) is 10.0 Å². The smallest absolute Gasteiger partial charge is 0.251 e. The zero-order valence-electron chi connectivity index (χ0n) is 16.3. The molecule has 0 bridgehead atoms. The summed E-state index contributed by atoms with van der Waals surface area (Å²) < 4.78 is 27.4. The van der Waals surface area contributed by atoms with Gasteiger partial charge in [0.25, 0.3) is 5.91 Å². The van der Waals surface area contributed by atoms with Gasteiger partial charge < -0.3 is 10.3 Å². The Kier molecular flexibility index (Phi) is 5.38. The minimum absolute atomic E-state index is 0.166. The number of imidazole rings is 1. The lowest BCUT2D eigenvalue weighted by Crippen LogP contribution is -2.35. The van der Waals surface area contributed by atoms with Crippen molar-refractivity contribution in [3.63, 3.8) is 0 Å². The van der Waals surface area contributed by atoms with Crippen molar-refractivity contribution in [2.75, 3.05) is 13.1 Å².